The maximum absolute atomic E-state index is 13.5. The average Bonchev–Trinajstić information content (AvgIpc) is 2.96. The van der Waals surface area contributed by atoms with Crippen molar-refractivity contribution in [2.75, 3.05) is 5.43 Å². The van der Waals surface area contributed by atoms with E-state index >= 15 is 0 Å². The van der Waals surface area contributed by atoms with E-state index in [-0.39, 0.29) is 5.82 Å². The minimum Gasteiger partial charge on any atom is -0.450 e. The second-order valence-electron chi connectivity index (χ2n) is 4.89. The van der Waals surface area contributed by atoms with Gasteiger partial charge in [0.05, 0.1) is 6.21 Å². The van der Waals surface area contributed by atoms with E-state index in [0.717, 1.165) is 11.0 Å². The van der Waals surface area contributed by atoms with Crippen LogP contribution in [-0.2, 0) is 0 Å². The number of para-hydroxylation sites is 1. The van der Waals surface area contributed by atoms with Crippen LogP contribution < -0.4 is 5.43 Å². The third-order valence-corrected chi connectivity index (χ3v) is 3.44. The van der Waals surface area contributed by atoms with Crippen molar-refractivity contribution in [3.05, 3.63) is 66.2 Å². The van der Waals surface area contributed by atoms with Crippen molar-refractivity contribution in [2.24, 2.45) is 5.10 Å². The molecule has 4 rings (SSSR count). The van der Waals surface area contributed by atoms with E-state index in [1.165, 1.54) is 18.6 Å². The fourth-order valence-corrected chi connectivity index (χ4v) is 2.35. The lowest BCUT2D eigenvalue weighted by Gasteiger charge is -1.99. The summed E-state index contributed by atoms with van der Waals surface area (Å²) < 4.78 is 19.3. The first-order valence-corrected chi connectivity index (χ1v) is 6.99. The van der Waals surface area contributed by atoms with Crippen molar-refractivity contribution in [2.45, 2.75) is 0 Å². The minimum atomic E-state index is -0.338. The van der Waals surface area contributed by atoms with E-state index < -0.39 is 0 Å². The molecule has 112 valence electrons. The topological polar surface area (TPSA) is 63.3 Å². The summed E-state index contributed by atoms with van der Waals surface area (Å²) in [6.07, 6.45) is 2.83. The predicted molar refractivity (Wildman–Crippen MR) is 86.9 cm³/mol. The second kappa shape index (κ2) is 5.49. The van der Waals surface area contributed by atoms with Gasteiger partial charge in [0.1, 0.15) is 23.2 Å². The number of hydrazone groups is 1. The van der Waals surface area contributed by atoms with Crippen LogP contribution in [-0.4, -0.2) is 16.2 Å². The zero-order valence-electron chi connectivity index (χ0n) is 11.9. The molecular formula is C17H11FN4O. The number of furan rings is 1. The number of nitrogens with one attached hydrogen (secondary N) is 1. The average molecular weight is 306 g/mol. The maximum atomic E-state index is 13.5. The van der Waals surface area contributed by atoms with Crippen molar-refractivity contribution in [3.63, 3.8) is 0 Å². The van der Waals surface area contributed by atoms with E-state index in [1.54, 1.807) is 18.2 Å². The standard InChI is InChI=1S/C17H11FN4O/c18-13-7-3-1-5-11(13)9-21-22-17-16-15(19-10-20-17)12-6-2-4-8-14(12)23-16/h1-10H,(H,19,20,22)/b21-9-. The van der Waals surface area contributed by atoms with Crippen molar-refractivity contribution >= 4 is 34.1 Å². The number of benzene rings is 2. The number of nitrogens with zero attached hydrogens (tertiary/aromatic N) is 3. The maximum Gasteiger partial charge on any atom is 0.197 e. The van der Waals surface area contributed by atoms with Gasteiger partial charge in [-0.2, -0.15) is 5.10 Å². The predicted octanol–water partition coefficient (Wildman–Crippen LogP) is 3.96. The zero-order chi connectivity index (χ0) is 15.6. The number of aromatic nitrogens is 2. The van der Waals surface area contributed by atoms with Crippen molar-refractivity contribution in [1.82, 2.24) is 9.97 Å². The van der Waals surface area contributed by atoms with Crippen molar-refractivity contribution in [3.8, 4) is 0 Å². The van der Waals surface area contributed by atoms with Gasteiger partial charge >= 0.3 is 0 Å². The highest BCUT2D eigenvalue weighted by atomic mass is 19.1. The van der Waals surface area contributed by atoms with Crippen LogP contribution in [0.2, 0.25) is 0 Å². The van der Waals surface area contributed by atoms with Crippen LogP contribution in [0.15, 0.2) is 64.4 Å². The number of hydrogen-bond acceptors (Lipinski definition) is 5. The summed E-state index contributed by atoms with van der Waals surface area (Å²) >= 11 is 0. The lowest BCUT2D eigenvalue weighted by atomic mass is 10.2. The lowest BCUT2D eigenvalue weighted by Crippen LogP contribution is -1.95. The molecule has 2 aromatic heterocycles. The SMILES string of the molecule is Fc1ccccc1/C=N\Nc1ncnc2c1oc1ccccc12. The Balaban J connectivity index is 1.71. The summed E-state index contributed by atoms with van der Waals surface area (Å²) in [5.74, 6) is 0.0911. The van der Waals surface area contributed by atoms with Crippen LogP contribution in [0, 0.1) is 5.82 Å². The molecular weight excluding hydrogens is 295 g/mol. The van der Waals surface area contributed by atoms with Gasteiger partial charge in [0.2, 0.25) is 0 Å². The molecule has 2 aromatic carbocycles. The normalized spacial score (nSPS) is 11.5. The molecule has 0 atom stereocenters. The first-order chi connectivity index (χ1) is 11.3. The summed E-state index contributed by atoms with van der Waals surface area (Å²) in [5.41, 5.74) is 5.11. The summed E-state index contributed by atoms with van der Waals surface area (Å²) in [6.45, 7) is 0. The molecule has 4 aromatic rings. The molecule has 0 radical (unpaired) electrons. The Hall–Kier alpha value is -3.28. The molecule has 23 heavy (non-hydrogen) atoms. The molecule has 1 N–H and O–H groups in total. The smallest absolute Gasteiger partial charge is 0.197 e. The van der Waals surface area contributed by atoms with E-state index in [0.29, 0.717) is 22.5 Å². The Morgan fingerprint density at radius 1 is 1.04 bits per heavy atom. The molecule has 0 bridgehead atoms. The van der Waals surface area contributed by atoms with Gasteiger partial charge in [-0.05, 0) is 18.2 Å². The van der Waals surface area contributed by atoms with E-state index in [1.807, 2.05) is 24.3 Å². The fourth-order valence-electron chi connectivity index (χ4n) is 2.35. The molecule has 0 aliphatic rings. The quantitative estimate of drug-likeness (QED) is 0.459. The molecule has 0 saturated carbocycles. The second-order valence-corrected chi connectivity index (χ2v) is 4.89. The third kappa shape index (κ3) is 2.40. The van der Waals surface area contributed by atoms with Gasteiger partial charge in [0.25, 0.3) is 0 Å². The molecule has 2 heterocycles. The number of rotatable bonds is 3. The third-order valence-electron chi connectivity index (χ3n) is 3.44. The monoisotopic (exact) mass is 306 g/mol. The highest BCUT2D eigenvalue weighted by Crippen LogP contribution is 2.30. The molecule has 0 saturated heterocycles. The van der Waals surface area contributed by atoms with Gasteiger partial charge in [-0.15, -0.1) is 0 Å². The van der Waals surface area contributed by atoms with Gasteiger partial charge in [-0.3, -0.25) is 5.43 Å². The fraction of sp³-hybridized carbons (Fsp3) is 0. The van der Waals surface area contributed by atoms with Crippen LogP contribution in [0.25, 0.3) is 22.1 Å². The molecule has 0 spiro atoms. The van der Waals surface area contributed by atoms with Gasteiger partial charge in [-0.1, -0.05) is 30.3 Å². The first kappa shape index (κ1) is 13.4. The van der Waals surface area contributed by atoms with Gasteiger partial charge < -0.3 is 4.42 Å². The Morgan fingerprint density at radius 3 is 2.78 bits per heavy atom. The summed E-state index contributed by atoms with van der Waals surface area (Å²) in [5, 5.41) is 4.94. The molecule has 6 heteroatoms. The number of halogens is 1. The van der Waals surface area contributed by atoms with E-state index in [4.69, 9.17) is 4.42 Å². The van der Waals surface area contributed by atoms with Crippen LogP contribution >= 0.6 is 0 Å². The molecule has 5 nitrogen and oxygen atoms in total. The van der Waals surface area contributed by atoms with Crippen molar-refractivity contribution < 1.29 is 8.81 Å². The highest BCUT2D eigenvalue weighted by Gasteiger charge is 2.12. The Kier molecular flexibility index (Phi) is 3.20. The Bertz CT molecular complexity index is 1030. The largest absolute Gasteiger partial charge is 0.450 e. The summed E-state index contributed by atoms with van der Waals surface area (Å²) in [6, 6.07) is 14.0. The number of anilines is 1. The van der Waals surface area contributed by atoms with Gasteiger partial charge in [0.15, 0.2) is 11.4 Å². The highest BCUT2D eigenvalue weighted by molar-refractivity contribution is 6.05. The van der Waals surface area contributed by atoms with Gasteiger partial charge in [0, 0.05) is 10.9 Å². The zero-order valence-corrected chi connectivity index (χ0v) is 11.9. The van der Waals surface area contributed by atoms with Gasteiger partial charge in [-0.25, -0.2) is 14.4 Å². The molecule has 0 aliphatic heterocycles. The van der Waals surface area contributed by atoms with Crippen LogP contribution in [0.4, 0.5) is 10.2 Å². The van der Waals surface area contributed by atoms with Crippen molar-refractivity contribution in [1.29, 1.82) is 0 Å². The van der Waals surface area contributed by atoms with E-state index in [9.17, 15) is 4.39 Å². The molecule has 0 aliphatic carbocycles. The van der Waals surface area contributed by atoms with E-state index in [2.05, 4.69) is 20.5 Å². The molecule has 0 amide bonds. The lowest BCUT2D eigenvalue weighted by molar-refractivity contribution is 0.626. The number of hydrogen-bond donors (Lipinski definition) is 1. The first-order valence-electron chi connectivity index (χ1n) is 6.99. The molecule has 0 unspecified atom stereocenters. The number of fused-ring (bicyclic) bond motifs is 3. The summed E-state index contributed by atoms with van der Waals surface area (Å²) in [4.78, 5) is 8.39. The molecule has 0 fully saturated rings. The summed E-state index contributed by atoms with van der Waals surface area (Å²) in [7, 11) is 0. The Morgan fingerprint density at radius 2 is 1.87 bits per heavy atom. The van der Waals surface area contributed by atoms with Crippen LogP contribution in [0.1, 0.15) is 5.56 Å². The van der Waals surface area contributed by atoms with Crippen LogP contribution in [0.5, 0.6) is 0 Å². The van der Waals surface area contributed by atoms with Crippen LogP contribution in [0.3, 0.4) is 0 Å². The minimum absolute atomic E-state index is 0.338. The Labute approximate surface area is 130 Å².